The Labute approximate surface area is 184 Å². The van der Waals surface area contributed by atoms with Crippen molar-refractivity contribution in [1.29, 1.82) is 0 Å². The molecule has 166 valence electrons. The van der Waals surface area contributed by atoms with Gasteiger partial charge in [0.25, 0.3) is 5.91 Å². The van der Waals surface area contributed by atoms with Crippen molar-refractivity contribution < 1.29 is 23.1 Å². The number of benzene rings is 2. The van der Waals surface area contributed by atoms with E-state index in [1.54, 1.807) is 41.3 Å². The molecule has 1 fully saturated rings. The van der Waals surface area contributed by atoms with Gasteiger partial charge in [0, 0.05) is 18.7 Å². The zero-order chi connectivity index (χ0) is 22.5. The van der Waals surface area contributed by atoms with E-state index in [9.17, 15) is 18.8 Å². The minimum absolute atomic E-state index is 0.0404. The number of esters is 1. The molecule has 7 heteroatoms. The van der Waals surface area contributed by atoms with Crippen LogP contribution in [0, 0.1) is 5.82 Å². The van der Waals surface area contributed by atoms with Crippen LogP contribution in [-0.2, 0) is 16.1 Å². The maximum absolute atomic E-state index is 13.3. The predicted octanol–water partition coefficient (Wildman–Crippen LogP) is 4.45. The van der Waals surface area contributed by atoms with Crippen LogP contribution in [0.1, 0.15) is 48.2 Å². The summed E-state index contributed by atoms with van der Waals surface area (Å²) >= 11 is 0. The molecule has 0 atom stereocenters. The SMILES string of the molecule is O=C(OCC(=O)N(Cc1ccc(F)cc1)C1CCCCC1)c1cc(=O)c2ccccc2o1. The van der Waals surface area contributed by atoms with Crippen molar-refractivity contribution in [3.05, 3.63) is 82.0 Å². The molecule has 2 aromatic carbocycles. The Morgan fingerprint density at radius 1 is 1.03 bits per heavy atom. The first kappa shape index (κ1) is 21.7. The molecule has 4 rings (SSSR count). The summed E-state index contributed by atoms with van der Waals surface area (Å²) in [5.74, 6) is -1.79. The van der Waals surface area contributed by atoms with Gasteiger partial charge in [-0.1, -0.05) is 43.5 Å². The van der Waals surface area contributed by atoms with Crippen LogP contribution in [0.3, 0.4) is 0 Å². The second-order valence-corrected chi connectivity index (χ2v) is 7.99. The molecule has 32 heavy (non-hydrogen) atoms. The quantitative estimate of drug-likeness (QED) is 0.533. The molecule has 1 aliphatic rings. The number of hydrogen-bond acceptors (Lipinski definition) is 5. The van der Waals surface area contributed by atoms with E-state index in [0.29, 0.717) is 11.9 Å². The fraction of sp³-hybridized carbons (Fsp3) is 0.320. The van der Waals surface area contributed by atoms with Crippen molar-refractivity contribution in [1.82, 2.24) is 4.90 Å². The average Bonchev–Trinajstić information content (AvgIpc) is 2.82. The molecule has 1 saturated carbocycles. The van der Waals surface area contributed by atoms with E-state index < -0.39 is 12.6 Å². The summed E-state index contributed by atoms with van der Waals surface area (Å²) in [5.41, 5.74) is 0.723. The zero-order valence-electron chi connectivity index (χ0n) is 17.6. The fourth-order valence-corrected chi connectivity index (χ4v) is 4.09. The van der Waals surface area contributed by atoms with Crippen LogP contribution in [0.2, 0.25) is 0 Å². The lowest BCUT2D eigenvalue weighted by Crippen LogP contribution is -2.43. The number of amides is 1. The van der Waals surface area contributed by atoms with Crippen LogP contribution < -0.4 is 5.43 Å². The summed E-state index contributed by atoms with van der Waals surface area (Å²) in [6, 6.07) is 13.7. The van der Waals surface area contributed by atoms with Crippen LogP contribution in [0.5, 0.6) is 0 Å². The van der Waals surface area contributed by atoms with Gasteiger partial charge in [-0.15, -0.1) is 0 Å². The molecular formula is C25H24FNO5. The van der Waals surface area contributed by atoms with E-state index in [4.69, 9.17) is 9.15 Å². The molecule has 1 heterocycles. The highest BCUT2D eigenvalue weighted by Crippen LogP contribution is 2.24. The number of ether oxygens (including phenoxy) is 1. The van der Waals surface area contributed by atoms with Crippen LogP contribution >= 0.6 is 0 Å². The number of rotatable bonds is 6. The Morgan fingerprint density at radius 2 is 1.75 bits per heavy atom. The Hall–Kier alpha value is -3.48. The first-order valence-corrected chi connectivity index (χ1v) is 10.8. The summed E-state index contributed by atoms with van der Waals surface area (Å²) in [5, 5.41) is 0.364. The molecule has 0 radical (unpaired) electrons. The van der Waals surface area contributed by atoms with E-state index in [1.165, 1.54) is 12.1 Å². The Morgan fingerprint density at radius 3 is 2.50 bits per heavy atom. The molecule has 3 aromatic rings. The zero-order valence-corrected chi connectivity index (χ0v) is 17.6. The molecule has 0 aliphatic heterocycles. The van der Waals surface area contributed by atoms with Gasteiger partial charge in [0.05, 0.1) is 5.39 Å². The second kappa shape index (κ2) is 9.77. The molecule has 0 spiro atoms. The Bertz CT molecular complexity index is 1160. The number of fused-ring (bicyclic) bond motifs is 1. The molecule has 0 bridgehead atoms. The van der Waals surface area contributed by atoms with Crippen molar-refractivity contribution in [3.63, 3.8) is 0 Å². The summed E-state index contributed by atoms with van der Waals surface area (Å²) in [7, 11) is 0. The third-order valence-corrected chi connectivity index (χ3v) is 5.76. The van der Waals surface area contributed by atoms with E-state index in [0.717, 1.165) is 43.7 Å². The molecule has 0 N–H and O–H groups in total. The number of para-hydroxylation sites is 1. The third kappa shape index (κ3) is 5.04. The van der Waals surface area contributed by atoms with Gasteiger partial charge < -0.3 is 14.1 Å². The lowest BCUT2D eigenvalue weighted by atomic mass is 9.93. The summed E-state index contributed by atoms with van der Waals surface area (Å²) in [4.78, 5) is 39.4. The monoisotopic (exact) mass is 437 g/mol. The van der Waals surface area contributed by atoms with Gasteiger partial charge in [0.1, 0.15) is 11.4 Å². The lowest BCUT2D eigenvalue weighted by Gasteiger charge is -2.34. The highest BCUT2D eigenvalue weighted by molar-refractivity contribution is 5.90. The van der Waals surface area contributed by atoms with E-state index >= 15 is 0 Å². The molecule has 1 aromatic heterocycles. The maximum atomic E-state index is 13.3. The van der Waals surface area contributed by atoms with Crippen LogP contribution in [-0.4, -0.2) is 29.4 Å². The predicted molar refractivity (Wildman–Crippen MR) is 117 cm³/mol. The van der Waals surface area contributed by atoms with Gasteiger partial charge in [-0.2, -0.15) is 0 Å². The van der Waals surface area contributed by atoms with E-state index in [1.807, 2.05) is 0 Å². The summed E-state index contributed by atoms with van der Waals surface area (Å²) in [6.07, 6.45) is 4.94. The van der Waals surface area contributed by atoms with Crippen LogP contribution in [0.25, 0.3) is 11.0 Å². The molecule has 1 aliphatic carbocycles. The van der Waals surface area contributed by atoms with E-state index in [-0.39, 0.29) is 34.5 Å². The summed E-state index contributed by atoms with van der Waals surface area (Å²) in [6.45, 7) is -0.153. The van der Waals surface area contributed by atoms with Gasteiger partial charge in [0.2, 0.25) is 5.76 Å². The minimum Gasteiger partial charge on any atom is -0.450 e. The topological polar surface area (TPSA) is 76.8 Å². The lowest BCUT2D eigenvalue weighted by molar-refractivity contribution is -0.138. The van der Waals surface area contributed by atoms with Gasteiger partial charge in [-0.3, -0.25) is 9.59 Å². The summed E-state index contributed by atoms with van der Waals surface area (Å²) < 4.78 is 23.9. The standard InChI is InChI=1S/C25H24FNO5/c26-18-12-10-17(11-13-18)15-27(19-6-2-1-3-7-19)24(29)16-31-25(30)23-14-21(28)20-8-4-5-9-22(20)32-23/h4-5,8-14,19H,1-3,6-7,15-16H2. The van der Waals surface area contributed by atoms with Crippen molar-refractivity contribution in [3.8, 4) is 0 Å². The van der Waals surface area contributed by atoms with Crippen molar-refractivity contribution >= 4 is 22.8 Å². The molecule has 0 saturated heterocycles. The fourth-order valence-electron chi connectivity index (χ4n) is 4.09. The second-order valence-electron chi connectivity index (χ2n) is 7.99. The molecule has 0 unspecified atom stereocenters. The average molecular weight is 437 g/mol. The number of carbonyl (C=O) groups is 2. The minimum atomic E-state index is -0.869. The smallest absolute Gasteiger partial charge is 0.374 e. The van der Waals surface area contributed by atoms with Crippen molar-refractivity contribution in [2.75, 3.05) is 6.61 Å². The number of carbonyl (C=O) groups excluding carboxylic acids is 2. The number of nitrogens with zero attached hydrogens (tertiary/aromatic N) is 1. The van der Waals surface area contributed by atoms with Crippen molar-refractivity contribution in [2.45, 2.75) is 44.7 Å². The van der Waals surface area contributed by atoms with Gasteiger partial charge in [0.15, 0.2) is 12.0 Å². The number of hydrogen-bond donors (Lipinski definition) is 0. The number of halogens is 1. The van der Waals surface area contributed by atoms with E-state index in [2.05, 4.69) is 0 Å². The van der Waals surface area contributed by atoms with Crippen molar-refractivity contribution in [2.24, 2.45) is 0 Å². The first-order chi connectivity index (χ1) is 15.5. The largest absolute Gasteiger partial charge is 0.450 e. The maximum Gasteiger partial charge on any atom is 0.374 e. The highest BCUT2D eigenvalue weighted by atomic mass is 19.1. The molecule has 1 amide bonds. The molecule has 6 nitrogen and oxygen atoms in total. The van der Waals surface area contributed by atoms with Crippen LogP contribution in [0.15, 0.2) is 63.8 Å². The van der Waals surface area contributed by atoms with Crippen LogP contribution in [0.4, 0.5) is 4.39 Å². The Kier molecular flexibility index (Phi) is 6.63. The van der Waals surface area contributed by atoms with Gasteiger partial charge >= 0.3 is 5.97 Å². The first-order valence-electron chi connectivity index (χ1n) is 10.8. The Balaban J connectivity index is 1.47. The third-order valence-electron chi connectivity index (χ3n) is 5.76. The molecular weight excluding hydrogens is 413 g/mol. The highest BCUT2D eigenvalue weighted by Gasteiger charge is 2.27. The van der Waals surface area contributed by atoms with Gasteiger partial charge in [-0.05, 0) is 42.7 Å². The normalized spacial score (nSPS) is 14.3. The van der Waals surface area contributed by atoms with Gasteiger partial charge in [-0.25, -0.2) is 9.18 Å².